The summed E-state index contributed by atoms with van der Waals surface area (Å²) in [6, 6.07) is 7.83. The smallest absolute Gasteiger partial charge is 0.253 e. The molecular weight excluding hydrogens is 322 g/mol. The molecule has 2 aliphatic heterocycles. The third-order valence-electron chi connectivity index (χ3n) is 4.72. The molecule has 1 aromatic rings. The van der Waals surface area contributed by atoms with Crippen molar-refractivity contribution < 1.29 is 9.59 Å². The average Bonchev–Trinajstić information content (AvgIpc) is 3.15. The third kappa shape index (κ3) is 3.75. The molecule has 0 spiro atoms. The Hall–Kier alpha value is -1.53. The zero-order valence-corrected chi connectivity index (χ0v) is 15.1. The number of thioether (sulfide) groups is 1. The molecule has 0 radical (unpaired) electrons. The first-order valence-corrected chi connectivity index (χ1v) is 9.71. The number of piperazine rings is 1. The third-order valence-corrected chi connectivity index (χ3v) is 5.66. The van der Waals surface area contributed by atoms with E-state index in [0.29, 0.717) is 32.1 Å². The van der Waals surface area contributed by atoms with Crippen LogP contribution >= 0.6 is 11.8 Å². The lowest BCUT2D eigenvalue weighted by Crippen LogP contribution is -2.54. The monoisotopic (exact) mass is 347 g/mol. The lowest BCUT2D eigenvalue weighted by Gasteiger charge is -2.36. The Morgan fingerprint density at radius 1 is 1.08 bits per heavy atom. The zero-order chi connectivity index (χ0) is 17.1. The summed E-state index contributed by atoms with van der Waals surface area (Å²) in [6.45, 7) is 6.75. The van der Waals surface area contributed by atoms with Crippen molar-refractivity contribution in [1.82, 2.24) is 15.1 Å². The molecule has 6 heteroatoms. The molecule has 130 valence electrons. The van der Waals surface area contributed by atoms with Gasteiger partial charge in [0.05, 0.1) is 6.04 Å². The first-order valence-electron chi connectivity index (χ1n) is 8.55. The molecule has 2 amide bonds. The highest BCUT2D eigenvalue weighted by Gasteiger charge is 2.30. The number of nitrogens with one attached hydrogen (secondary N) is 1. The van der Waals surface area contributed by atoms with Crippen LogP contribution in [0.3, 0.4) is 0 Å². The molecule has 1 aromatic carbocycles. The fraction of sp³-hybridized carbons (Fsp3) is 0.556. The molecule has 3 rings (SSSR count). The summed E-state index contributed by atoms with van der Waals surface area (Å²) in [5, 5.41) is 3.22. The van der Waals surface area contributed by atoms with Crippen molar-refractivity contribution in [3.63, 3.8) is 0 Å². The minimum Gasteiger partial charge on any atom is -0.338 e. The van der Waals surface area contributed by atoms with Gasteiger partial charge in [-0.2, -0.15) is 0 Å². The zero-order valence-electron chi connectivity index (χ0n) is 14.3. The van der Waals surface area contributed by atoms with Crippen LogP contribution < -0.4 is 5.32 Å². The molecule has 2 aliphatic rings. The molecule has 2 heterocycles. The van der Waals surface area contributed by atoms with E-state index in [1.807, 2.05) is 34.1 Å². The predicted octanol–water partition coefficient (Wildman–Crippen LogP) is 1.76. The van der Waals surface area contributed by atoms with Crippen molar-refractivity contribution in [2.45, 2.75) is 25.8 Å². The summed E-state index contributed by atoms with van der Waals surface area (Å²) in [4.78, 5) is 28.8. The van der Waals surface area contributed by atoms with Gasteiger partial charge in [-0.05, 0) is 23.6 Å². The molecule has 2 saturated heterocycles. The van der Waals surface area contributed by atoms with Crippen LogP contribution in [0, 0.1) is 0 Å². The molecule has 1 atom stereocenters. The van der Waals surface area contributed by atoms with Crippen LogP contribution in [0.1, 0.15) is 35.7 Å². The van der Waals surface area contributed by atoms with Crippen LogP contribution in [0.5, 0.6) is 0 Å². The summed E-state index contributed by atoms with van der Waals surface area (Å²) in [5.41, 5.74) is 1.97. The van der Waals surface area contributed by atoms with Crippen molar-refractivity contribution in [1.29, 1.82) is 0 Å². The first kappa shape index (κ1) is 17.3. The van der Waals surface area contributed by atoms with Crippen molar-refractivity contribution >= 4 is 23.6 Å². The lowest BCUT2D eigenvalue weighted by molar-refractivity contribution is -0.134. The largest absolute Gasteiger partial charge is 0.338 e. The van der Waals surface area contributed by atoms with Gasteiger partial charge in [-0.3, -0.25) is 14.9 Å². The lowest BCUT2D eigenvalue weighted by atomic mass is 10.0. The van der Waals surface area contributed by atoms with E-state index >= 15 is 0 Å². The standard InChI is InChI=1S/C18H25N3O2S/c1-13(2)14-3-5-15(6-4-14)17(22)20-7-9-21(10-8-20)18(23)16-11-24-12-19-16/h3-6,13,16,19H,7-12H2,1-2H3. The summed E-state index contributed by atoms with van der Waals surface area (Å²) in [5.74, 6) is 2.40. The van der Waals surface area contributed by atoms with E-state index in [0.717, 1.165) is 17.2 Å². The van der Waals surface area contributed by atoms with Crippen LogP contribution in [0.4, 0.5) is 0 Å². The van der Waals surface area contributed by atoms with Crippen LogP contribution in [-0.2, 0) is 4.79 Å². The Morgan fingerprint density at radius 3 is 2.25 bits per heavy atom. The van der Waals surface area contributed by atoms with Crippen LogP contribution in [0.2, 0.25) is 0 Å². The van der Waals surface area contributed by atoms with Crippen LogP contribution in [0.25, 0.3) is 0 Å². The highest BCUT2D eigenvalue weighted by atomic mass is 32.2. The van der Waals surface area contributed by atoms with Crippen molar-refractivity contribution in [3.05, 3.63) is 35.4 Å². The van der Waals surface area contributed by atoms with Gasteiger partial charge in [0.25, 0.3) is 5.91 Å². The molecular formula is C18H25N3O2S. The Morgan fingerprint density at radius 2 is 1.71 bits per heavy atom. The number of benzene rings is 1. The minimum atomic E-state index is -0.0548. The highest BCUT2D eigenvalue weighted by molar-refractivity contribution is 7.99. The number of amides is 2. The maximum atomic E-state index is 12.6. The average molecular weight is 347 g/mol. The summed E-state index contributed by atoms with van der Waals surface area (Å²) in [7, 11) is 0. The Labute approximate surface area is 147 Å². The molecule has 5 nitrogen and oxygen atoms in total. The Balaban J connectivity index is 1.55. The molecule has 0 bridgehead atoms. The van der Waals surface area contributed by atoms with Gasteiger partial charge >= 0.3 is 0 Å². The molecule has 0 aliphatic carbocycles. The van der Waals surface area contributed by atoms with Gasteiger partial charge in [0.15, 0.2) is 0 Å². The minimum absolute atomic E-state index is 0.0548. The highest BCUT2D eigenvalue weighted by Crippen LogP contribution is 2.17. The number of rotatable bonds is 3. The van der Waals surface area contributed by atoms with Crippen molar-refractivity contribution in [3.8, 4) is 0 Å². The summed E-state index contributed by atoms with van der Waals surface area (Å²) >= 11 is 1.76. The van der Waals surface area contributed by atoms with E-state index in [4.69, 9.17) is 0 Å². The van der Waals surface area contributed by atoms with Gasteiger partial charge in [0.1, 0.15) is 0 Å². The number of hydrogen-bond donors (Lipinski definition) is 1. The van der Waals surface area contributed by atoms with E-state index in [9.17, 15) is 9.59 Å². The first-order chi connectivity index (χ1) is 11.6. The normalized spacial score (nSPS) is 21.4. The number of carbonyl (C=O) groups is 2. The quantitative estimate of drug-likeness (QED) is 0.905. The van der Waals surface area contributed by atoms with Gasteiger partial charge in [-0.25, -0.2) is 0 Å². The molecule has 0 saturated carbocycles. The molecule has 2 fully saturated rings. The van der Waals surface area contributed by atoms with E-state index in [1.54, 1.807) is 11.8 Å². The van der Waals surface area contributed by atoms with Gasteiger partial charge in [-0.1, -0.05) is 26.0 Å². The maximum Gasteiger partial charge on any atom is 0.253 e. The second kappa shape index (κ2) is 7.57. The van der Waals surface area contributed by atoms with Gasteiger partial charge in [0.2, 0.25) is 5.91 Å². The molecule has 24 heavy (non-hydrogen) atoms. The Bertz CT molecular complexity index is 589. The van der Waals surface area contributed by atoms with Crippen molar-refractivity contribution in [2.75, 3.05) is 37.8 Å². The van der Waals surface area contributed by atoms with Crippen LogP contribution in [0.15, 0.2) is 24.3 Å². The second-order valence-electron chi connectivity index (χ2n) is 6.67. The van der Waals surface area contributed by atoms with Gasteiger partial charge in [-0.15, -0.1) is 11.8 Å². The number of carbonyl (C=O) groups excluding carboxylic acids is 2. The van der Waals surface area contributed by atoms with E-state index in [-0.39, 0.29) is 17.9 Å². The number of nitrogens with zero attached hydrogens (tertiary/aromatic N) is 2. The fourth-order valence-corrected chi connectivity index (χ4v) is 4.03. The van der Waals surface area contributed by atoms with Crippen molar-refractivity contribution in [2.24, 2.45) is 0 Å². The predicted molar refractivity (Wildman–Crippen MR) is 97.3 cm³/mol. The van der Waals surface area contributed by atoms with Crippen LogP contribution in [-0.4, -0.2) is 65.5 Å². The maximum absolute atomic E-state index is 12.6. The summed E-state index contributed by atoms with van der Waals surface area (Å²) < 4.78 is 0. The van der Waals surface area contributed by atoms with Gasteiger partial charge in [0, 0.05) is 43.4 Å². The fourth-order valence-electron chi connectivity index (χ4n) is 3.10. The van der Waals surface area contributed by atoms with E-state index in [2.05, 4.69) is 19.2 Å². The SMILES string of the molecule is CC(C)c1ccc(C(=O)N2CCN(C(=O)C3CSCN3)CC2)cc1. The summed E-state index contributed by atoms with van der Waals surface area (Å²) in [6.07, 6.45) is 0. The molecule has 0 aromatic heterocycles. The van der Waals surface area contributed by atoms with E-state index < -0.39 is 0 Å². The Kier molecular flexibility index (Phi) is 5.46. The van der Waals surface area contributed by atoms with E-state index in [1.165, 1.54) is 5.56 Å². The second-order valence-corrected chi connectivity index (χ2v) is 7.70. The molecule has 1 unspecified atom stereocenters. The topological polar surface area (TPSA) is 52.7 Å². The number of hydrogen-bond acceptors (Lipinski definition) is 4. The molecule has 1 N–H and O–H groups in total. The van der Waals surface area contributed by atoms with Gasteiger partial charge < -0.3 is 9.80 Å².